The van der Waals surface area contributed by atoms with Gasteiger partial charge in [0.25, 0.3) is 0 Å². The van der Waals surface area contributed by atoms with Crippen LogP contribution in [-0.2, 0) is 11.2 Å². The number of hydrogen-bond donors (Lipinski definition) is 1. The minimum Gasteiger partial charge on any atom is -0.320 e. The van der Waals surface area contributed by atoms with Gasteiger partial charge in [0, 0.05) is 12.7 Å². The number of carbonyl (C=O) groups is 1. The van der Waals surface area contributed by atoms with Crippen LogP contribution in [0.25, 0.3) is 16.8 Å². The number of benzene rings is 1. The normalized spacial score (nSPS) is 12.3. The predicted molar refractivity (Wildman–Crippen MR) is 98.1 cm³/mol. The van der Waals surface area contributed by atoms with Crippen LogP contribution < -0.4 is 5.73 Å². The number of halogens is 1. The summed E-state index contributed by atoms with van der Waals surface area (Å²) in [5.74, 6) is -0.351. The first kappa shape index (κ1) is 18.0. The molecule has 2 heterocycles. The van der Waals surface area contributed by atoms with Crippen molar-refractivity contribution in [2.45, 2.75) is 25.8 Å². The van der Waals surface area contributed by atoms with E-state index in [0.29, 0.717) is 19.4 Å². The summed E-state index contributed by atoms with van der Waals surface area (Å²) in [7, 11) is 0. The Morgan fingerprint density at radius 3 is 2.73 bits per heavy atom. The fraction of sp³-hybridized carbons (Fsp3) is 0.316. The van der Waals surface area contributed by atoms with Crippen molar-refractivity contribution >= 4 is 11.6 Å². The van der Waals surface area contributed by atoms with Crippen molar-refractivity contribution in [2.75, 3.05) is 13.3 Å². The monoisotopic (exact) mass is 355 g/mol. The molecule has 3 rings (SSSR count). The van der Waals surface area contributed by atoms with Gasteiger partial charge in [-0.1, -0.05) is 31.2 Å². The maximum atomic E-state index is 13.0. The number of fused-ring (bicyclic) bond motifs is 1. The summed E-state index contributed by atoms with van der Waals surface area (Å²) in [6.45, 7) is 1.48. The Kier molecular flexibility index (Phi) is 5.58. The number of pyridine rings is 1. The Morgan fingerprint density at radius 2 is 2.04 bits per heavy atom. The van der Waals surface area contributed by atoms with E-state index in [1.54, 1.807) is 4.52 Å². The molecule has 0 aliphatic heterocycles. The van der Waals surface area contributed by atoms with Gasteiger partial charge in [0.05, 0.1) is 6.04 Å². The van der Waals surface area contributed by atoms with Crippen LogP contribution in [0.3, 0.4) is 0 Å². The van der Waals surface area contributed by atoms with E-state index in [0.717, 1.165) is 27.2 Å². The summed E-state index contributed by atoms with van der Waals surface area (Å²) < 4.78 is 14.7. The van der Waals surface area contributed by atoms with E-state index in [9.17, 15) is 9.18 Å². The van der Waals surface area contributed by atoms with E-state index in [1.807, 2.05) is 49.5 Å². The van der Waals surface area contributed by atoms with E-state index in [-0.39, 0.29) is 5.91 Å². The zero-order chi connectivity index (χ0) is 18.5. The number of aromatic nitrogens is 3. The van der Waals surface area contributed by atoms with Crippen molar-refractivity contribution in [3.8, 4) is 11.1 Å². The second-order valence-electron chi connectivity index (χ2n) is 6.21. The summed E-state index contributed by atoms with van der Waals surface area (Å²) in [6, 6.07) is 11.0. The molecule has 0 radical (unpaired) electrons. The third kappa shape index (κ3) is 3.88. The second-order valence-corrected chi connectivity index (χ2v) is 6.21. The minimum absolute atomic E-state index is 0.351. The van der Waals surface area contributed by atoms with E-state index >= 15 is 0 Å². The van der Waals surface area contributed by atoms with Gasteiger partial charge >= 0.3 is 0 Å². The zero-order valence-electron chi connectivity index (χ0n) is 14.7. The third-order valence-electron chi connectivity index (χ3n) is 4.29. The minimum atomic E-state index is -0.801. The van der Waals surface area contributed by atoms with Crippen molar-refractivity contribution < 1.29 is 9.18 Å². The molecule has 7 heteroatoms. The van der Waals surface area contributed by atoms with Gasteiger partial charge in [0.2, 0.25) is 5.91 Å². The lowest BCUT2D eigenvalue weighted by molar-refractivity contribution is -0.134. The second kappa shape index (κ2) is 8.05. The lowest BCUT2D eigenvalue weighted by Crippen LogP contribution is -2.44. The molecule has 1 amide bonds. The van der Waals surface area contributed by atoms with E-state index in [2.05, 4.69) is 10.1 Å². The fourth-order valence-corrected chi connectivity index (χ4v) is 2.90. The SMILES string of the molecule is CCCN(CF)C(=O)[C@@H](N)Cc1ccc(-c2ccn3ncnc3c2)cc1. The van der Waals surface area contributed by atoms with Gasteiger partial charge in [-0.05, 0) is 41.7 Å². The first-order valence-electron chi connectivity index (χ1n) is 8.61. The summed E-state index contributed by atoms with van der Waals surface area (Å²) >= 11 is 0. The molecule has 0 saturated heterocycles. The maximum Gasteiger partial charge on any atom is 0.241 e. The van der Waals surface area contributed by atoms with Crippen LogP contribution in [0.2, 0.25) is 0 Å². The molecule has 0 bridgehead atoms. The average Bonchev–Trinajstić information content (AvgIpc) is 3.14. The highest BCUT2D eigenvalue weighted by atomic mass is 19.1. The molecule has 1 aromatic carbocycles. The topological polar surface area (TPSA) is 76.5 Å². The van der Waals surface area contributed by atoms with Crippen molar-refractivity contribution in [1.29, 1.82) is 0 Å². The number of hydrogen-bond acceptors (Lipinski definition) is 4. The maximum absolute atomic E-state index is 13.0. The smallest absolute Gasteiger partial charge is 0.241 e. The molecular weight excluding hydrogens is 333 g/mol. The molecule has 0 aliphatic carbocycles. The Balaban J connectivity index is 1.70. The van der Waals surface area contributed by atoms with Crippen molar-refractivity contribution in [3.05, 3.63) is 54.5 Å². The van der Waals surface area contributed by atoms with Gasteiger partial charge < -0.3 is 10.6 Å². The van der Waals surface area contributed by atoms with Crippen molar-refractivity contribution in [1.82, 2.24) is 19.5 Å². The molecule has 3 aromatic rings. The van der Waals surface area contributed by atoms with Crippen LogP contribution in [0, 0.1) is 0 Å². The lowest BCUT2D eigenvalue weighted by Gasteiger charge is -2.22. The molecule has 0 saturated carbocycles. The first-order chi connectivity index (χ1) is 12.6. The third-order valence-corrected chi connectivity index (χ3v) is 4.29. The summed E-state index contributed by atoms with van der Waals surface area (Å²) in [5.41, 5.74) is 9.77. The molecule has 0 aliphatic rings. The summed E-state index contributed by atoms with van der Waals surface area (Å²) in [4.78, 5) is 17.5. The molecule has 0 fully saturated rings. The highest BCUT2D eigenvalue weighted by molar-refractivity contribution is 5.82. The zero-order valence-corrected chi connectivity index (χ0v) is 14.7. The van der Waals surface area contributed by atoms with Crippen LogP contribution >= 0.6 is 0 Å². The number of amides is 1. The number of alkyl halides is 1. The molecule has 6 nitrogen and oxygen atoms in total. The Labute approximate surface area is 151 Å². The van der Waals surface area contributed by atoms with E-state index in [1.165, 1.54) is 6.33 Å². The highest BCUT2D eigenvalue weighted by Gasteiger charge is 2.20. The summed E-state index contributed by atoms with van der Waals surface area (Å²) in [6.07, 6.45) is 4.45. The van der Waals surface area contributed by atoms with E-state index < -0.39 is 12.8 Å². The largest absolute Gasteiger partial charge is 0.320 e. The Hall–Kier alpha value is -2.80. The molecule has 2 aromatic heterocycles. The average molecular weight is 355 g/mol. The van der Waals surface area contributed by atoms with Crippen LogP contribution in [0.5, 0.6) is 0 Å². The quantitative estimate of drug-likeness (QED) is 0.661. The highest BCUT2D eigenvalue weighted by Crippen LogP contribution is 2.21. The fourth-order valence-electron chi connectivity index (χ4n) is 2.90. The Morgan fingerprint density at radius 1 is 1.27 bits per heavy atom. The summed E-state index contributed by atoms with van der Waals surface area (Å²) in [5, 5.41) is 4.08. The number of rotatable bonds is 7. The van der Waals surface area contributed by atoms with E-state index in [4.69, 9.17) is 5.73 Å². The molecule has 26 heavy (non-hydrogen) atoms. The van der Waals surface area contributed by atoms with Crippen LogP contribution in [0.15, 0.2) is 48.9 Å². The standard InChI is InChI=1S/C19H22FN5O/c1-2-8-24(12-20)19(26)17(21)10-14-3-5-15(6-4-14)16-7-9-25-18(11-16)22-13-23-25/h3-7,9,11,13,17H,2,8,10,12,21H2,1H3/t17-/m0/s1. The van der Waals surface area contributed by atoms with Gasteiger partial charge in [0.1, 0.15) is 6.33 Å². The van der Waals surface area contributed by atoms with Crippen molar-refractivity contribution in [2.24, 2.45) is 5.73 Å². The first-order valence-corrected chi connectivity index (χ1v) is 8.61. The van der Waals surface area contributed by atoms with Crippen LogP contribution in [-0.4, -0.2) is 44.8 Å². The van der Waals surface area contributed by atoms with Gasteiger partial charge in [-0.15, -0.1) is 0 Å². The molecule has 0 unspecified atom stereocenters. The van der Waals surface area contributed by atoms with Gasteiger partial charge in [-0.25, -0.2) is 13.9 Å². The molecule has 2 N–H and O–H groups in total. The number of nitrogens with zero attached hydrogens (tertiary/aromatic N) is 4. The lowest BCUT2D eigenvalue weighted by atomic mass is 10.0. The molecule has 0 spiro atoms. The number of nitrogens with two attached hydrogens (primary N) is 1. The number of carbonyl (C=O) groups excluding carboxylic acids is 1. The van der Waals surface area contributed by atoms with Gasteiger partial charge in [-0.3, -0.25) is 4.79 Å². The predicted octanol–water partition coefficient (Wildman–Crippen LogP) is 2.43. The van der Waals surface area contributed by atoms with Gasteiger partial charge in [0.15, 0.2) is 12.4 Å². The van der Waals surface area contributed by atoms with Crippen LogP contribution in [0.1, 0.15) is 18.9 Å². The Bertz CT molecular complexity index is 877. The van der Waals surface area contributed by atoms with Crippen molar-refractivity contribution in [3.63, 3.8) is 0 Å². The van der Waals surface area contributed by atoms with Crippen LogP contribution in [0.4, 0.5) is 4.39 Å². The molecular formula is C19H22FN5O. The van der Waals surface area contributed by atoms with Gasteiger partial charge in [-0.2, -0.15) is 5.10 Å². The molecule has 136 valence electrons. The molecule has 1 atom stereocenters.